The first-order valence-corrected chi connectivity index (χ1v) is 14.4. The summed E-state index contributed by atoms with van der Waals surface area (Å²) in [4.78, 5) is 53.4. The first-order valence-electron chi connectivity index (χ1n) is 12.5. The summed E-state index contributed by atoms with van der Waals surface area (Å²) in [6.45, 7) is 3.74. The molecule has 1 N–H and O–H groups in total. The van der Waals surface area contributed by atoms with Gasteiger partial charge in [-0.3, -0.25) is 29.0 Å². The number of hydrogen-bond donors (Lipinski definition) is 1. The van der Waals surface area contributed by atoms with Crippen molar-refractivity contribution in [2.45, 2.75) is 28.5 Å². The maximum absolute atomic E-state index is 14.0. The topological polar surface area (TPSA) is 95.0 Å². The molecule has 6 atom stereocenters. The number of benzene rings is 2. The monoisotopic (exact) mass is 628 g/mol. The lowest BCUT2D eigenvalue weighted by atomic mass is 9.56. The molecule has 6 unspecified atom stereocenters. The molecule has 2 aliphatic carbocycles. The number of alkyl halides is 3. The highest BCUT2D eigenvalue weighted by atomic mass is 79.9. The number of aromatic hydroxyl groups is 1. The lowest BCUT2D eigenvalue weighted by Crippen LogP contribution is -2.60. The van der Waals surface area contributed by atoms with E-state index >= 15 is 0 Å². The first kappa shape index (κ1) is 26.3. The zero-order valence-electron chi connectivity index (χ0n) is 20.5. The quantitative estimate of drug-likeness (QED) is 0.224. The summed E-state index contributed by atoms with van der Waals surface area (Å²) in [5.74, 6) is -4.78. The van der Waals surface area contributed by atoms with Crippen molar-refractivity contribution in [1.29, 1.82) is 0 Å². The molecule has 0 radical (unpaired) electrons. The normalized spacial score (nSPS) is 33.6. The van der Waals surface area contributed by atoms with Crippen molar-refractivity contribution in [1.82, 2.24) is 4.90 Å². The number of imide groups is 2. The van der Waals surface area contributed by atoms with Crippen LogP contribution in [0.1, 0.15) is 29.9 Å². The Labute approximate surface area is 243 Å². The van der Waals surface area contributed by atoms with Crippen LogP contribution >= 0.6 is 39.1 Å². The average Bonchev–Trinajstić information content (AvgIpc) is 3.27. The number of carbonyl (C=O) groups excluding carboxylic acids is 4. The molecule has 4 amide bonds. The molecule has 0 spiro atoms. The first-order chi connectivity index (χ1) is 18.6. The van der Waals surface area contributed by atoms with Crippen LogP contribution in [0.25, 0.3) is 6.08 Å². The fraction of sp³-hybridized carbons (Fsp3) is 0.310. The van der Waals surface area contributed by atoms with Gasteiger partial charge in [0, 0.05) is 5.92 Å². The van der Waals surface area contributed by atoms with Crippen LogP contribution in [0.5, 0.6) is 5.75 Å². The van der Waals surface area contributed by atoms with Gasteiger partial charge in [0.05, 0.1) is 23.0 Å². The smallest absolute Gasteiger partial charge is 0.254 e. The number of carbonyl (C=O) groups is 4. The van der Waals surface area contributed by atoms with Gasteiger partial charge in [-0.1, -0.05) is 64.5 Å². The number of phenolic OH excluding ortho intramolecular Hbond substituents is 1. The Hall–Kier alpha value is -2.94. The Kier molecular flexibility index (Phi) is 6.10. The van der Waals surface area contributed by atoms with Crippen LogP contribution in [0.15, 0.2) is 66.8 Å². The number of phenols is 1. The SMILES string of the molecule is C=Cc1ccc(N2C(=O)C3CC=C4C(CC5(Cl)C(=O)N(CBr)C(=O)C5(Cl)C4c4ccc(O)cc4)C3C2=O)cc1. The largest absolute Gasteiger partial charge is 0.508 e. The van der Waals surface area contributed by atoms with Gasteiger partial charge in [-0.05, 0) is 54.2 Å². The van der Waals surface area contributed by atoms with E-state index in [9.17, 15) is 24.3 Å². The van der Waals surface area contributed by atoms with Gasteiger partial charge in [0.1, 0.15) is 5.75 Å². The van der Waals surface area contributed by atoms with Crippen molar-refractivity contribution in [3.8, 4) is 5.75 Å². The Morgan fingerprint density at radius 3 is 2.26 bits per heavy atom. The molecule has 2 aromatic rings. The van der Waals surface area contributed by atoms with E-state index in [0.717, 1.165) is 10.5 Å². The minimum atomic E-state index is -1.86. The third-order valence-corrected chi connectivity index (χ3v) is 10.5. The van der Waals surface area contributed by atoms with Crippen molar-refractivity contribution >= 4 is 74.5 Å². The zero-order chi connectivity index (χ0) is 27.9. The van der Waals surface area contributed by atoms with Crippen LogP contribution in [-0.2, 0) is 19.2 Å². The zero-order valence-corrected chi connectivity index (χ0v) is 23.6. The van der Waals surface area contributed by atoms with Crippen LogP contribution in [0, 0.1) is 17.8 Å². The van der Waals surface area contributed by atoms with Gasteiger partial charge < -0.3 is 5.11 Å². The van der Waals surface area contributed by atoms with Crippen molar-refractivity contribution in [2.75, 3.05) is 10.4 Å². The highest BCUT2D eigenvalue weighted by molar-refractivity contribution is 9.09. The molecule has 6 rings (SSSR count). The molecule has 2 saturated heterocycles. The molecule has 0 bridgehead atoms. The molecule has 2 heterocycles. The molecule has 0 aromatic heterocycles. The van der Waals surface area contributed by atoms with E-state index in [1.165, 1.54) is 17.0 Å². The fourth-order valence-electron chi connectivity index (χ4n) is 6.81. The molecule has 7 nitrogen and oxygen atoms in total. The average molecular weight is 630 g/mol. The summed E-state index contributed by atoms with van der Waals surface area (Å²) in [7, 11) is 0. The number of fused-ring (bicyclic) bond motifs is 4. The molecule has 3 fully saturated rings. The standard InChI is InChI=1S/C29H23BrCl2N2O5/c1-2-15-3-7-17(8-4-15)34-24(36)20-12-11-19-21(22(20)25(34)37)13-28(31)26(38)33(14-30)27(39)29(28,32)23(19)16-5-9-18(35)10-6-16/h2-11,20-23,35H,1,12-14H2. The molecule has 4 aliphatic rings. The number of likely N-dealkylation sites (tertiary alicyclic amines) is 1. The van der Waals surface area contributed by atoms with E-state index in [4.69, 9.17) is 23.2 Å². The van der Waals surface area contributed by atoms with Crippen molar-refractivity contribution in [3.63, 3.8) is 0 Å². The van der Waals surface area contributed by atoms with E-state index in [-0.39, 0.29) is 35.9 Å². The number of nitrogens with zero attached hydrogens (tertiary/aromatic N) is 2. The molecular formula is C29H23BrCl2N2O5. The summed E-state index contributed by atoms with van der Waals surface area (Å²) >= 11 is 17.6. The second kappa shape index (κ2) is 9.04. The third kappa shape index (κ3) is 3.41. The summed E-state index contributed by atoms with van der Waals surface area (Å²) in [6.07, 6.45) is 3.76. The maximum atomic E-state index is 14.0. The van der Waals surface area contributed by atoms with Crippen LogP contribution < -0.4 is 4.90 Å². The molecule has 200 valence electrons. The number of hydrogen-bond acceptors (Lipinski definition) is 5. The number of amides is 4. The van der Waals surface area contributed by atoms with E-state index in [2.05, 4.69) is 22.5 Å². The number of rotatable bonds is 4. The molecule has 39 heavy (non-hydrogen) atoms. The van der Waals surface area contributed by atoms with E-state index in [1.807, 2.05) is 6.08 Å². The fourth-order valence-corrected chi connectivity index (χ4v) is 8.23. The lowest BCUT2D eigenvalue weighted by molar-refractivity contribution is -0.138. The predicted octanol–water partition coefficient (Wildman–Crippen LogP) is 4.95. The van der Waals surface area contributed by atoms with Gasteiger partial charge in [-0.2, -0.15) is 0 Å². The Balaban J connectivity index is 1.49. The van der Waals surface area contributed by atoms with Gasteiger partial charge in [-0.25, -0.2) is 0 Å². The summed E-state index contributed by atoms with van der Waals surface area (Å²) in [6, 6.07) is 13.2. The lowest BCUT2D eigenvalue weighted by Gasteiger charge is -2.50. The van der Waals surface area contributed by atoms with Gasteiger partial charge in [0.2, 0.25) is 11.8 Å². The van der Waals surface area contributed by atoms with Crippen LogP contribution in [0.3, 0.4) is 0 Å². The Bertz CT molecular complexity index is 1480. The highest BCUT2D eigenvalue weighted by Gasteiger charge is 2.76. The number of halogens is 3. The van der Waals surface area contributed by atoms with Gasteiger partial charge >= 0.3 is 0 Å². The van der Waals surface area contributed by atoms with E-state index in [1.54, 1.807) is 42.5 Å². The van der Waals surface area contributed by atoms with E-state index in [0.29, 0.717) is 16.8 Å². The second-order valence-electron chi connectivity index (χ2n) is 10.4. The molecule has 2 aromatic carbocycles. The number of anilines is 1. The van der Waals surface area contributed by atoms with E-state index < -0.39 is 45.2 Å². The summed E-state index contributed by atoms with van der Waals surface area (Å²) in [5.41, 5.74) is 2.51. The van der Waals surface area contributed by atoms with Crippen molar-refractivity contribution in [2.24, 2.45) is 17.8 Å². The van der Waals surface area contributed by atoms with Crippen LogP contribution in [0.4, 0.5) is 5.69 Å². The molecule has 2 aliphatic heterocycles. The van der Waals surface area contributed by atoms with Crippen LogP contribution in [-0.4, -0.2) is 48.8 Å². The second-order valence-corrected chi connectivity index (χ2v) is 12.1. The predicted molar refractivity (Wildman–Crippen MR) is 150 cm³/mol. The maximum Gasteiger partial charge on any atom is 0.254 e. The summed E-state index contributed by atoms with van der Waals surface area (Å²) in [5, 5.41) is 9.92. The van der Waals surface area contributed by atoms with Crippen LogP contribution in [0.2, 0.25) is 0 Å². The van der Waals surface area contributed by atoms with Crippen molar-refractivity contribution in [3.05, 3.63) is 77.9 Å². The third-order valence-electron chi connectivity index (χ3n) is 8.63. The van der Waals surface area contributed by atoms with Gasteiger partial charge in [-0.15, -0.1) is 23.2 Å². The van der Waals surface area contributed by atoms with Crippen molar-refractivity contribution < 1.29 is 24.3 Å². The Morgan fingerprint density at radius 1 is 0.974 bits per heavy atom. The van der Waals surface area contributed by atoms with Gasteiger partial charge in [0.25, 0.3) is 11.8 Å². The highest BCUT2D eigenvalue weighted by Crippen LogP contribution is 2.65. The molecular weight excluding hydrogens is 607 g/mol. The Morgan fingerprint density at radius 2 is 1.64 bits per heavy atom. The minimum absolute atomic E-state index is 0.0233. The molecule has 10 heteroatoms. The number of allylic oxidation sites excluding steroid dienone is 2. The molecule has 1 saturated carbocycles. The van der Waals surface area contributed by atoms with Gasteiger partial charge in [0.15, 0.2) is 9.75 Å². The minimum Gasteiger partial charge on any atom is -0.508 e. The summed E-state index contributed by atoms with van der Waals surface area (Å²) < 4.78 is 0.